The number of ether oxygens (including phenoxy) is 4. The third-order valence-corrected chi connectivity index (χ3v) is 6.54. The van der Waals surface area contributed by atoms with Crippen LogP contribution in [0.15, 0.2) is 30.3 Å². The Hall–Kier alpha value is -1.40. The first kappa shape index (κ1) is 18.9. The molecule has 0 amide bonds. The molecule has 1 aromatic rings. The molecule has 0 N–H and O–H groups in total. The van der Waals surface area contributed by atoms with Crippen LogP contribution in [0, 0.1) is 0 Å². The van der Waals surface area contributed by atoms with Gasteiger partial charge in [-0.05, 0) is 0 Å². The van der Waals surface area contributed by atoms with Gasteiger partial charge in [0.15, 0.2) is 0 Å². The van der Waals surface area contributed by atoms with Gasteiger partial charge in [-0.3, -0.25) is 0 Å². The molecule has 1 aliphatic heterocycles. The van der Waals surface area contributed by atoms with Crippen molar-refractivity contribution >= 4 is 26.9 Å². The number of methoxy groups -OCH3 is 2. The Balaban J connectivity index is 2.14. The number of benzene rings is 1. The fourth-order valence-corrected chi connectivity index (χ4v) is 5.54. The van der Waals surface area contributed by atoms with Crippen LogP contribution in [0.5, 0.6) is 0 Å². The number of esters is 2. The van der Waals surface area contributed by atoms with Crippen molar-refractivity contribution in [3.63, 3.8) is 0 Å². The quantitative estimate of drug-likeness (QED) is 0.534. The van der Waals surface area contributed by atoms with Crippen molar-refractivity contribution in [3.05, 3.63) is 35.9 Å². The molecule has 6 nitrogen and oxygen atoms in total. The van der Waals surface area contributed by atoms with Gasteiger partial charge in [0.05, 0.1) is 0 Å². The van der Waals surface area contributed by atoms with Crippen LogP contribution >= 0.6 is 0 Å². The molecular weight excluding hydrogens is 379 g/mol. The summed E-state index contributed by atoms with van der Waals surface area (Å²) in [4.78, 5) is 24.0. The summed E-state index contributed by atoms with van der Waals surface area (Å²) in [6.07, 6.45) is -1.49. The summed E-state index contributed by atoms with van der Waals surface area (Å²) in [6.45, 7) is 1.86. The second-order valence-electron chi connectivity index (χ2n) is 5.41. The minimum absolute atomic E-state index is 0.142. The average molecular weight is 401 g/mol. The van der Waals surface area contributed by atoms with Crippen molar-refractivity contribution in [2.75, 3.05) is 20.8 Å². The Morgan fingerprint density at radius 3 is 2.42 bits per heavy atom. The van der Waals surface area contributed by atoms with Gasteiger partial charge < -0.3 is 0 Å². The van der Waals surface area contributed by atoms with E-state index in [0.717, 1.165) is 0 Å². The van der Waals surface area contributed by atoms with Crippen LogP contribution in [0.3, 0.4) is 0 Å². The second kappa shape index (κ2) is 9.18. The summed E-state index contributed by atoms with van der Waals surface area (Å²) >= 11 is 0.148. The molecule has 0 aliphatic carbocycles. The van der Waals surface area contributed by atoms with Crippen LogP contribution in [-0.2, 0) is 23.7 Å². The normalized spacial score (nSPS) is 26.6. The molecule has 0 aromatic heterocycles. The van der Waals surface area contributed by atoms with Gasteiger partial charge in [-0.25, -0.2) is 0 Å². The zero-order valence-electron chi connectivity index (χ0n) is 14.0. The first-order valence-corrected chi connectivity index (χ1v) is 9.83. The van der Waals surface area contributed by atoms with E-state index < -0.39 is 24.1 Å². The van der Waals surface area contributed by atoms with E-state index in [1.165, 1.54) is 6.92 Å². The molecule has 1 heterocycles. The number of rotatable bonds is 6. The van der Waals surface area contributed by atoms with E-state index >= 15 is 0 Å². The van der Waals surface area contributed by atoms with E-state index in [1.807, 2.05) is 6.07 Å². The maximum absolute atomic E-state index is 12.3. The average Bonchev–Trinajstić information content (AvgIpc) is 2.58. The third kappa shape index (κ3) is 4.80. The molecule has 4 atom stereocenters. The van der Waals surface area contributed by atoms with Crippen molar-refractivity contribution < 1.29 is 28.5 Å². The van der Waals surface area contributed by atoms with Crippen molar-refractivity contribution in [2.24, 2.45) is 0 Å². The molecule has 24 heavy (non-hydrogen) atoms. The number of hydrogen-bond acceptors (Lipinski definition) is 6. The Bertz CT molecular complexity index is 549. The Kier molecular flexibility index (Phi) is 7.24. The van der Waals surface area contributed by atoms with Crippen LogP contribution in [-0.4, -0.2) is 66.0 Å². The molecule has 2 rings (SSSR count). The van der Waals surface area contributed by atoms with Gasteiger partial charge in [-0.1, -0.05) is 0 Å². The first-order chi connectivity index (χ1) is 11.6. The fourth-order valence-electron chi connectivity index (χ4n) is 2.64. The van der Waals surface area contributed by atoms with Crippen LogP contribution in [0.1, 0.15) is 17.3 Å². The van der Waals surface area contributed by atoms with E-state index in [1.54, 1.807) is 38.5 Å². The van der Waals surface area contributed by atoms with E-state index in [0.29, 0.717) is 17.5 Å². The molecule has 1 aromatic carbocycles. The topological polar surface area (TPSA) is 71.1 Å². The van der Waals surface area contributed by atoms with Crippen LogP contribution in [0.2, 0.25) is 10.1 Å². The number of carbonyl (C=O) groups excluding carboxylic acids is 2. The summed E-state index contributed by atoms with van der Waals surface area (Å²) < 4.78 is 21.9. The molecule has 132 valence electrons. The van der Waals surface area contributed by atoms with E-state index in [9.17, 15) is 9.59 Å². The van der Waals surface area contributed by atoms with Gasteiger partial charge in [0, 0.05) is 0 Å². The van der Waals surface area contributed by atoms with Crippen LogP contribution in [0.4, 0.5) is 0 Å². The van der Waals surface area contributed by atoms with E-state index in [4.69, 9.17) is 18.9 Å². The molecule has 1 fully saturated rings. The first-order valence-electron chi connectivity index (χ1n) is 7.63. The van der Waals surface area contributed by atoms with Crippen molar-refractivity contribution in [1.29, 1.82) is 0 Å². The van der Waals surface area contributed by atoms with Crippen molar-refractivity contribution in [1.82, 2.24) is 0 Å². The fraction of sp³-hybridized carbons (Fsp3) is 0.529. The van der Waals surface area contributed by atoms with Gasteiger partial charge in [-0.2, -0.15) is 0 Å². The second-order valence-corrected chi connectivity index (χ2v) is 8.08. The summed E-state index contributed by atoms with van der Waals surface area (Å²) in [6, 6.07) is 8.77. The summed E-state index contributed by atoms with van der Waals surface area (Å²) in [5.74, 6) is -0.845. The van der Waals surface area contributed by atoms with Gasteiger partial charge in [0.25, 0.3) is 0 Å². The molecule has 7 heteroatoms. The van der Waals surface area contributed by atoms with Crippen LogP contribution in [0.25, 0.3) is 0 Å². The Morgan fingerprint density at radius 2 is 1.83 bits per heavy atom. The molecule has 1 aliphatic rings. The monoisotopic (exact) mass is 402 g/mol. The van der Waals surface area contributed by atoms with Crippen LogP contribution < -0.4 is 0 Å². The Labute approximate surface area is 147 Å². The Morgan fingerprint density at radius 1 is 1.12 bits per heavy atom. The van der Waals surface area contributed by atoms with Crippen molar-refractivity contribution in [2.45, 2.75) is 35.4 Å². The van der Waals surface area contributed by atoms with Gasteiger partial charge >= 0.3 is 148 Å². The maximum atomic E-state index is 12.3. The summed E-state index contributed by atoms with van der Waals surface area (Å²) in [7, 11) is 3.20. The number of hydrogen-bond donors (Lipinski definition) is 0. The zero-order chi connectivity index (χ0) is 17.5. The molecule has 0 spiro atoms. The third-order valence-electron chi connectivity index (χ3n) is 3.70. The van der Waals surface area contributed by atoms with Gasteiger partial charge in [-0.15, -0.1) is 0 Å². The standard InChI is InChI=1S/C17H22O6Se/c1-11(18)22-15-13(10-24-14(9-20-2)16(15)21-3)23-17(19)12-7-5-4-6-8-12/h4-8,13-16H,9-10H2,1-3H3/t13-,14-,15+,16+/m1/s1. The molecule has 0 radical (unpaired) electrons. The van der Waals surface area contributed by atoms with E-state index in [-0.39, 0.29) is 25.9 Å². The van der Waals surface area contributed by atoms with Gasteiger partial charge in [0.2, 0.25) is 0 Å². The summed E-state index contributed by atoms with van der Waals surface area (Å²) in [5.41, 5.74) is 0.472. The van der Waals surface area contributed by atoms with Crippen molar-refractivity contribution in [3.8, 4) is 0 Å². The summed E-state index contributed by atoms with van der Waals surface area (Å²) in [5, 5.41) is 0.650. The molecule has 1 saturated heterocycles. The predicted octanol–water partition coefficient (Wildman–Crippen LogP) is 1.73. The molecule has 0 bridgehead atoms. The molecule has 0 saturated carbocycles. The predicted molar refractivity (Wildman–Crippen MR) is 88.2 cm³/mol. The van der Waals surface area contributed by atoms with Gasteiger partial charge in [0.1, 0.15) is 0 Å². The SMILES string of the molecule is COC[C@H]1[Se]C[C@@H](OC(=O)c2ccccc2)[C@H](OC(C)=O)[C@H]1OC. The zero-order valence-corrected chi connectivity index (χ0v) is 15.7. The molecular formula is C17H22O6Se. The van der Waals surface area contributed by atoms with E-state index in [2.05, 4.69) is 0 Å². The minimum atomic E-state index is -0.629. The number of carbonyl (C=O) groups is 2. The molecule has 0 unspecified atom stereocenters.